The first-order valence-electron chi connectivity index (χ1n) is 23.0. The molecule has 8 aromatic carbocycles. The van der Waals surface area contributed by atoms with Crippen LogP contribution in [0.3, 0.4) is 0 Å². The molecule has 3 unspecified atom stereocenters. The quantitative estimate of drug-likeness (QED) is 0.123. The zero-order valence-electron chi connectivity index (χ0n) is 36.9. The molecule has 0 amide bonds. The second-order valence-electron chi connectivity index (χ2n) is 19.3. The number of para-hydroxylation sites is 4. The van der Waals surface area contributed by atoms with E-state index >= 15 is 0 Å². The summed E-state index contributed by atoms with van der Waals surface area (Å²) in [6.45, 7) is 6.72. The molecule has 11 aromatic rings. The summed E-state index contributed by atoms with van der Waals surface area (Å²) in [5, 5.41) is 2.33. The number of imidazole rings is 1. The van der Waals surface area contributed by atoms with Gasteiger partial charge >= 0.3 is 0 Å². The van der Waals surface area contributed by atoms with Crippen molar-refractivity contribution in [2.75, 3.05) is 0 Å². The van der Waals surface area contributed by atoms with E-state index in [1.807, 2.05) is 12.3 Å². The van der Waals surface area contributed by atoms with Crippen molar-refractivity contribution in [1.82, 2.24) is 14.1 Å². The zero-order valence-corrected chi connectivity index (χ0v) is 36.9. The summed E-state index contributed by atoms with van der Waals surface area (Å²) in [7, 11) is 0. The van der Waals surface area contributed by atoms with Crippen molar-refractivity contribution >= 4 is 32.8 Å². The minimum absolute atomic E-state index is 0.0128. The third-order valence-corrected chi connectivity index (χ3v) is 15.1. The van der Waals surface area contributed by atoms with E-state index in [0.717, 1.165) is 56.1 Å². The highest BCUT2D eigenvalue weighted by Gasteiger charge is 2.77. The smallest absolute Gasteiger partial charge is 0.269 e. The topological polar surface area (TPSA) is 35.9 Å². The molecule has 0 bridgehead atoms. The van der Waals surface area contributed by atoms with Crippen LogP contribution in [0.2, 0.25) is 0 Å². The van der Waals surface area contributed by atoms with E-state index in [0.29, 0.717) is 0 Å². The summed E-state index contributed by atoms with van der Waals surface area (Å²) in [5.41, 5.74) is 16.9. The van der Waals surface area contributed by atoms with Gasteiger partial charge in [0.15, 0.2) is 0 Å². The van der Waals surface area contributed by atoms with Crippen LogP contribution in [-0.2, 0) is 16.2 Å². The predicted molar refractivity (Wildman–Crippen MR) is 263 cm³/mol. The Kier molecular flexibility index (Phi) is 7.52. The molecule has 3 atom stereocenters. The van der Waals surface area contributed by atoms with Crippen LogP contribution in [0.4, 0.5) is 0 Å². The second-order valence-corrected chi connectivity index (χ2v) is 19.3. The van der Waals surface area contributed by atoms with Crippen LogP contribution >= 0.6 is 0 Å². The van der Waals surface area contributed by atoms with Crippen LogP contribution in [0.5, 0.6) is 11.5 Å². The number of aromatic nitrogens is 4. The molecule has 1 spiro atoms. The zero-order chi connectivity index (χ0) is 43.9. The summed E-state index contributed by atoms with van der Waals surface area (Å²) < 4.78 is 13.5. The van der Waals surface area contributed by atoms with Crippen molar-refractivity contribution in [2.45, 2.75) is 42.9 Å². The van der Waals surface area contributed by atoms with Gasteiger partial charge in [-0.1, -0.05) is 160 Å². The van der Waals surface area contributed by atoms with E-state index in [2.05, 4.69) is 235 Å². The predicted octanol–water partition coefficient (Wildman–Crippen LogP) is 13.4. The highest BCUT2D eigenvalue weighted by atomic mass is 16.5. The Morgan fingerprint density at radius 2 is 1.20 bits per heavy atom. The molecule has 3 aliphatic carbocycles. The van der Waals surface area contributed by atoms with Gasteiger partial charge in [-0.25, -0.2) is 4.98 Å². The fourth-order valence-corrected chi connectivity index (χ4v) is 12.5. The van der Waals surface area contributed by atoms with E-state index < -0.39 is 0 Å². The number of hydrogen-bond donors (Lipinski definition) is 0. The number of nitrogens with zero attached hydrogens (tertiary/aromatic N) is 4. The summed E-state index contributed by atoms with van der Waals surface area (Å²) in [4.78, 5) is 4.89. The van der Waals surface area contributed by atoms with Gasteiger partial charge in [0.1, 0.15) is 17.3 Å². The van der Waals surface area contributed by atoms with Crippen LogP contribution in [0.1, 0.15) is 71.2 Å². The maximum atomic E-state index is 6.79. The normalized spacial score (nSPS) is 18.8. The Hall–Kier alpha value is -8.02. The van der Waals surface area contributed by atoms with E-state index in [9.17, 15) is 0 Å². The van der Waals surface area contributed by atoms with Crippen molar-refractivity contribution in [1.29, 1.82) is 0 Å². The minimum Gasteiger partial charge on any atom is -0.458 e. The molecule has 0 saturated carbocycles. The summed E-state index contributed by atoms with van der Waals surface area (Å²) in [6, 6.07) is 72.9. The van der Waals surface area contributed by atoms with Crippen molar-refractivity contribution in [3.63, 3.8) is 0 Å². The van der Waals surface area contributed by atoms with Crippen molar-refractivity contribution in [3.05, 3.63) is 257 Å². The first-order valence-corrected chi connectivity index (χ1v) is 23.0. The first kappa shape index (κ1) is 37.4. The van der Waals surface area contributed by atoms with Gasteiger partial charge in [-0.2, -0.15) is 0 Å². The lowest BCUT2D eigenvalue weighted by Crippen LogP contribution is -2.64. The molecule has 3 heterocycles. The van der Waals surface area contributed by atoms with E-state index in [1.54, 1.807) is 0 Å². The lowest BCUT2D eigenvalue weighted by Gasteiger charge is -2.65. The lowest BCUT2D eigenvalue weighted by molar-refractivity contribution is -0.573. The monoisotopic (exact) mass is 848 g/mol. The molecular formula is C61H44N4O. The Bertz CT molecular complexity index is 3820. The Morgan fingerprint density at radius 3 is 2.03 bits per heavy atom. The summed E-state index contributed by atoms with van der Waals surface area (Å²) >= 11 is 0. The Morgan fingerprint density at radius 1 is 0.545 bits per heavy atom. The minimum atomic E-state index is -0.383. The van der Waals surface area contributed by atoms with E-state index in [-0.39, 0.29) is 22.2 Å². The standard InChI is InChI=1S/C61H44N4O/c1-59(2,3)39-33-34-62-57(35-39)65-52-27-12-6-19-43(52)44-32-31-42(37-56(44)65)66-41-18-16-17-40(36-41)63-38-64(55-30-15-14-29-54(55)63)53-28-13-11-26-51(53)60-47-22-7-4-20-45(47)58-46-21-5-8-23-48(46)61(58,60)50-25-10-9-24-49(50)60/h4-37,58H,1-3H3. The molecular weight excluding hydrogens is 805 g/mol. The van der Waals surface area contributed by atoms with Crippen LogP contribution in [0, 0.1) is 6.33 Å². The van der Waals surface area contributed by atoms with Gasteiger partial charge in [0.25, 0.3) is 6.33 Å². The largest absolute Gasteiger partial charge is 0.458 e. The van der Waals surface area contributed by atoms with Crippen LogP contribution in [0.15, 0.2) is 206 Å². The number of ether oxygens (including phenoxy) is 1. The van der Waals surface area contributed by atoms with Crippen LogP contribution < -0.4 is 9.30 Å². The number of benzene rings is 8. The molecule has 0 N–H and O–H groups in total. The van der Waals surface area contributed by atoms with Gasteiger partial charge in [0.2, 0.25) is 0 Å². The van der Waals surface area contributed by atoms with E-state index in [1.165, 1.54) is 49.9 Å². The summed E-state index contributed by atoms with van der Waals surface area (Å²) in [6.07, 6.45) is 5.81. The lowest BCUT2D eigenvalue weighted by atomic mass is 9.35. The SMILES string of the molecule is CC(C)(C)c1ccnc(-n2c3ccccc3c3ccc(Oc4cccc(-n5[c-][n+](-c6ccccc6C67c8ccccc8C8c9ccccc9C86c6ccccc67)c6ccccc65)c4)cc32)c1. The number of rotatable bonds is 6. The highest BCUT2D eigenvalue weighted by Crippen LogP contribution is 2.81. The van der Waals surface area contributed by atoms with Crippen LogP contribution in [-0.4, -0.2) is 14.1 Å². The second kappa shape index (κ2) is 13.3. The molecule has 3 aromatic heterocycles. The maximum Gasteiger partial charge on any atom is 0.269 e. The van der Waals surface area contributed by atoms with Crippen molar-refractivity contribution in [3.8, 4) is 28.7 Å². The van der Waals surface area contributed by atoms with Crippen molar-refractivity contribution in [2.24, 2.45) is 0 Å². The number of hydrogen-bond acceptors (Lipinski definition) is 2. The summed E-state index contributed by atoms with van der Waals surface area (Å²) in [5.74, 6) is 2.67. The van der Waals surface area contributed by atoms with Gasteiger partial charge in [-0.3, -0.25) is 13.7 Å². The molecule has 66 heavy (non-hydrogen) atoms. The molecule has 0 aliphatic heterocycles. The molecule has 3 aliphatic rings. The molecule has 14 rings (SSSR count). The molecule has 314 valence electrons. The van der Waals surface area contributed by atoms with Gasteiger partial charge in [-0.15, -0.1) is 0 Å². The fraction of sp³-hybridized carbons (Fsp3) is 0.115. The third-order valence-electron chi connectivity index (χ3n) is 15.1. The molecule has 0 radical (unpaired) electrons. The van der Waals surface area contributed by atoms with Gasteiger partial charge in [0.05, 0.1) is 38.9 Å². The van der Waals surface area contributed by atoms with Crippen LogP contribution in [0.25, 0.3) is 50.0 Å². The van der Waals surface area contributed by atoms with Gasteiger partial charge < -0.3 is 4.74 Å². The molecule has 0 saturated heterocycles. The molecule has 5 nitrogen and oxygen atoms in total. The van der Waals surface area contributed by atoms with E-state index in [4.69, 9.17) is 9.72 Å². The number of pyridine rings is 1. The molecule has 0 fully saturated rings. The maximum absolute atomic E-state index is 6.79. The Labute approximate surface area is 383 Å². The fourth-order valence-electron chi connectivity index (χ4n) is 12.5. The first-order chi connectivity index (χ1) is 32.4. The van der Waals surface area contributed by atoms with Gasteiger partial charge in [-0.05, 0) is 105 Å². The highest BCUT2D eigenvalue weighted by molar-refractivity contribution is 6.09. The van der Waals surface area contributed by atoms with Crippen molar-refractivity contribution < 1.29 is 9.30 Å². The number of fused-ring (bicyclic) bond motifs is 11. The average Bonchev–Trinajstić information content (AvgIpc) is 3.95. The average molecular weight is 849 g/mol. The van der Waals surface area contributed by atoms with Gasteiger partial charge in [0, 0.05) is 34.4 Å². The Balaban J connectivity index is 0.898. The third kappa shape index (κ3) is 4.69. The molecule has 5 heteroatoms.